The summed E-state index contributed by atoms with van der Waals surface area (Å²) >= 11 is 0. The van der Waals surface area contributed by atoms with E-state index in [0.717, 1.165) is 6.21 Å². The van der Waals surface area contributed by atoms with Crippen LogP contribution in [0.5, 0.6) is 0 Å². The predicted molar refractivity (Wildman–Crippen MR) is 138 cm³/mol. The molecule has 1 amide bonds. The minimum absolute atomic E-state index is 0.0442. The molecule has 0 saturated heterocycles. The van der Waals surface area contributed by atoms with E-state index in [2.05, 4.69) is 15.3 Å². The lowest BCUT2D eigenvalue weighted by atomic mass is 10.2. The van der Waals surface area contributed by atoms with Crippen LogP contribution in [0.4, 0.5) is 11.5 Å². The lowest BCUT2D eigenvalue weighted by Gasteiger charge is -2.15. The van der Waals surface area contributed by atoms with E-state index in [4.69, 9.17) is 0 Å². The van der Waals surface area contributed by atoms with Gasteiger partial charge in [-0.2, -0.15) is 0 Å². The average molecular weight is 520 g/mol. The first-order chi connectivity index (χ1) is 17.3. The van der Waals surface area contributed by atoms with E-state index < -0.39 is 24.3 Å². The lowest BCUT2D eigenvalue weighted by Crippen LogP contribution is -2.32. The van der Waals surface area contributed by atoms with Gasteiger partial charge in [-0.05, 0) is 48.5 Å². The van der Waals surface area contributed by atoms with E-state index >= 15 is 0 Å². The van der Waals surface area contributed by atoms with Gasteiger partial charge >= 0.3 is 0 Å². The molecule has 4 aromatic rings. The molecule has 1 aromatic heterocycles. The van der Waals surface area contributed by atoms with Crippen molar-refractivity contribution in [1.82, 2.24) is 4.98 Å². The van der Waals surface area contributed by atoms with Gasteiger partial charge in [0.15, 0.2) is 5.82 Å². The maximum atomic E-state index is 13.3. The van der Waals surface area contributed by atoms with E-state index in [9.17, 15) is 21.6 Å². The van der Waals surface area contributed by atoms with Crippen molar-refractivity contribution in [3.05, 3.63) is 115 Å². The van der Waals surface area contributed by atoms with Crippen LogP contribution in [0.15, 0.2) is 124 Å². The van der Waals surface area contributed by atoms with Crippen molar-refractivity contribution in [3.8, 4) is 0 Å². The van der Waals surface area contributed by atoms with Crippen LogP contribution in [0.1, 0.15) is 10.4 Å². The third kappa shape index (κ3) is 5.56. The van der Waals surface area contributed by atoms with Crippen molar-refractivity contribution in [2.75, 3.05) is 5.32 Å². The van der Waals surface area contributed by atoms with Crippen molar-refractivity contribution < 1.29 is 21.6 Å². The molecule has 0 saturated carbocycles. The standard InChI is InChI=1S/C26H21N3O5S2/c30-26(29-21-10-4-1-5-11-21)20-16-17-24(27-18-20)28-19-25(35(31,32)22-12-6-2-7-13-22)36(33,34)23-14-8-3-9-15-23/h1-19,25H,(H,29,30). The maximum absolute atomic E-state index is 13.3. The van der Waals surface area contributed by atoms with Crippen LogP contribution in [-0.4, -0.2) is 38.5 Å². The molecular weight excluding hydrogens is 498 g/mol. The van der Waals surface area contributed by atoms with Gasteiger partial charge in [0.2, 0.25) is 24.3 Å². The number of sulfone groups is 2. The Labute approximate surface area is 209 Å². The van der Waals surface area contributed by atoms with E-state index in [0.29, 0.717) is 5.69 Å². The Hall–Kier alpha value is -4.15. The Morgan fingerprint density at radius 3 is 1.69 bits per heavy atom. The molecule has 0 aliphatic rings. The second-order valence-electron chi connectivity index (χ2n) is 7.59. The number of anilines is 1. The quantitative estimate of drug-likeness (QED) is 0.346. The number of aliphatic imine (C=N–C) groups is 1. The SMILES string of the molecule is O=C(Nc1ccccc1)c1ccc(N=CC(S(=O)(=O)c2ccccc2)S(=O)(=O)c2ccccc2)nc1. The smallest absolute Gasteiger partial charge is 0.257 e. The number of rotatable bonds is 8. The van der Waals surface area contributed by atoms with Gasteiger partial charge in [0.05, 0.1) is 15.4 Å². The highest BCUT2D eigenvalue weighted by Gasteiger charge is 2.38. The number of hydrogen-bond acceptors (Lipinski definition) is 7. The third-order valence-corrected chi connectivity index (χ3v) is 9.97. The highest BCUT2D eigenvalue weighted by molar-refractivity contribution is 8.10. The summed E-state index contributed by atoms with van der Waals surface area (Å²) in [5.41, 5.74) is 0.868. The minimum atomic E-state index is -4.36. The highest BCUT2D eigenvalue weighted by atomic mass is 32.3. The van der Waals surface area contributed by atoms with Gasteiger partial charge < -0.3 is 5.32 Å². The number of nitrogens with zero attached hydrogens (tertiary/aromatic N) is 2. The molecule has 0 aliphatic heterocycles. The Morgan fingerprint density at radius 2 is 1.22 bits per heavy atom. The normalized spacial score (nSPS) is 12.0. The van der Waals surface area contributed by atoms with Gasteiger partial charge in [-0.25, -0.2) is 26.8 Å². The van der Waals surface area contributed by atoms with Crippen LogP contribution < -0.4 is 5.32 Å². The van der Waals surface area contributed by atoms with Crippen LogP contribution in [-0.2, 0) is 19.7 Å². The zero-order valence-electron chi connectivity index (χ0n) is 18.8. The third-order valence-electron chi connectivity index (χ3n) is 5.13. The molecule has 0 unspecified atom stereocenters. The Morgan fingerprint density at radius 1 is 0.722 bits per heavy atom. The van der Waals surface area contributed by atoms with Gasteiger partial charge in [0.25, 0.3) is 5.91 Å². The number of pyridine rings is 1. The number of carbonyl (C=O) groups is 1. The van der Waals surface area contributed by atoms with Crippen molar-refractivity contribution in [3.63, 3.8) is 0 Å². The number of carbonyl (C=O) groups excluding carboxylic acids is 1. The van der Waals surface area contributed by atoms with E-state index in [-0.39, 0.29) is 27.1 Å². The first-order valence-electron chi connectivity index (χ1n) is 10.7. The highest BCUT2D eigenvalue weighted by Crippen LogP contribution is 2.25. The molecule has 0 aliphatic carbocycles. The maximum Gasteiger partial charge on any atom is 0.257 e. The fourth-order valence-electron chi connectivity index (χ4n) is 3.27. The second-order valence-corrected chi connectivity index (χ2v) is 12.0. The summed E-state index contributed by atoms with van der Waals surface area (Å²) in [4.78, 5) is 20.2. The van der Waals surface area contributed by atoms with Crippen molar-refractivity contribution in [1.29, 1.82) is 0 Å². The van der Waals surface area contributed by atoms with Crippen LogP contribution in [0.25, 0.3) is 0 Å². The molecule has 0 bridgehead atoms. The molecule has 1 N–H and O–H groups in total. The van der Waals surface area contributed by atoms with Crippen molar-refractivity contribution >= 4 is 43.3 Å². The molecule has 10 heteroatoms. The van der Waals surface area contributed by atoms with Crippen molar-refractivity contribution in [2.24, 2.45) is 4.99 Å². The summed E-state index contributed by atoms with van der Waals surface area (Å²) < 4.78 is 51.4. The number of benzene rings is 3. The molecule has 3 aromatic carbocycles. The number of aromatic nitrogens is 1. The molecule has 182 valence electrons. The molecule has 0 atom stereocenters. The van der Waals surface area contributed by atoms with Gasteiger partial charge in [0, 0.05) is 18.1 Å². The van der Waals surface area contributed by atoms with Crippen molar-refractivity contribution in [2.45, 2.75) is 14.4 Å². The van der Waals surface area contributed by atoms with Crippen LogP contribution in [0.3, 0.4) is 0 Å². The zero-order valence-corrected chi connectivity index (χ0v) is 20.4. The summed E-state index contributed by atoms with van der Waals surface area (Å²) in [5, 5.41) is 2.73. The Kier molecular flexibility index (Phi) is 7.37. The van der Waals surface area contributed by atoms with E-state index in [1.807, 2.05) is 6.07 Å². The van der Waals surface area contributed by atoms with Gasteiger partial charge in [0.1, 0.15) is 0 Å². The Balaban J connectivity index is 1.64. The molecule has 8 nitrogen and oxygen atoms in total. The zero-order chi connectivity index (χ0) is 25.6. The topological polar surface area (TPSA) is 123 Å². The predicted octanol–water partition coefficient (Wildman–Crippen LogP) is 4.31. The monoisotopic (exact) mass is 519 g/mol. The van der Waals surface area contributed by atoms with Crippen LogP contribution in [0.2, 0.25) is 0 Å². The average Bonchev–Trinajstić information content (AvgIpc) is 2.90. The molecule has 1 heterocycles. The van der Waals surface area contributed by atoms with Gasteiger partial charge in [-0.1, -0.05) is 54.6 Å². The number of amides is 1. The molecular formula is C26H21N3O5S2. The number of hydrogen-bond donors (Lipinski definition) is 1. The van der Waals surface area contributed by atoms with E-state index in [1.165, 1.54) is 66.9 Å². The Bertz CT molecular complexity index is 1500. The largest absolute Gasteiger partial charge is 0.322 e. The van der Waals surface area contributed by atoms with Gasteiger partial charge in [-0.15, -0.1) is 0 Å². The van der Waals surface area contributed by atoms with E-state index in [1.54, 1.807) is 36.4 Å². The molecule has 4 rings (SSSR count). The fraction of sp³-hybridized carbons (Fsp3) is 0.0385. The first-order valence-corrected chi connectivity index (χ1v) is 13.8. The summed E-state index contributed by atoms with van der Waals surface area (Å²) in [5.74, 6) is -0.344. The van der Waals surface area contributed by atoms with Gasteiger partial charge in [-0.3, -0.25) is 4.79 Å². The summed E-state index contributed by atoms with van der Waals surface area (Å²) in [6.45, 7) is 0. The summed E-state index contributed by atoms with van der Waals surface area (Å²) in [6, 6.07) is 26.4. The number of para-hydroxylation sites is 1. The second kappa shape index (κ2) is 10.6. The lowest BCUT2D eigenvalue weighted by molar-refractivity contribution is 0.102. The molecule has 0 fully saturated rings. The first kappa shape index (κ1) is 25.0. The molecule has 0 spiro atoms. The molecule has 0 radical (unpaired) electrons. The summed E-state index contributed by atoms with van der Waals surface area (Å²) in [7, 11) is -8.72. The minimum Gasteiger partial charge on any atom is -0.322 e. The van der Waals surface area contributed by atoms with Crippen LogP contribution in [0, 0.1) is 0 Å². The van der Waals surface area contributed by atoms with Crippen LogP contribution >= 0.6 is 0 Å². The summed E-state index contributed by atoms with van der Waals surface area (Å²) in [6.07, 6.45) is 2.13. The number of nitrogens with one attached hydrogen (secondary N) is 1. The molecule has 36 heavy (non-hydrogen) atoms. The fourth-order valence-corrected chi connectivity index (χ4v) is 7.33.